The normalized spacial score (nSPS) is 15.8. The number of nitrogens with one attached hydrogen (secondary N) is 2. The SMILES string of the molecule is Cc1cc(Nc2ncc3cccc(-c4ccc5c(c4)CNC5=O)c3n2)ccc1N1CCN(C)CC1. The van der Waals surface area contributed by atoms with Crippen LogP contribution >= 0.6 is 0 Å². The van der Waals surface area contributed by atoms with Gasteiger partial charge in [0, 0.05) is 66.8 Å². The Morgan fingerprint density at radius 1 is 0.971 bits per heavy atom. The van der Waals surface area contributed by atoms with Crippen LogP contribution in [0.15, 0.2) is 60.8 Å². The van der Waals surface area contributed by atoms with Crippen molar-refractivity contribution in [1.82, 2.24) is 20.2 Å². The largest absolute Gasteiger partial charge is 0.369 e. The Balaban J connectivity index is 1.29. The van der Waals surface area contributed by atoms with Crippen LogP contribution in [0.5, 0.6) is 0 Å². The molecule has 7 heteroatoms. The Hall–Kier alpha value is -3.97. The molecule has 3 heterocycles. The number of likely N-dealkylation sites (N-methyl/N-ethyl adjacent to an activating group) is 1. The number of anilines is 3. The number of rotatable bonds is 4. The van der Waals surface area contributed by atoms with E-state index >= 15 is 0 Å². The van der Waals surface area contributed by atoms with Gasteiger partial charge < -0.3 is 20.4 Å². The zero-order valence-electron chi connectivity index (χ0n) is 20.0. The smallest absolute Gasteiger partial charge is 0.251 e. The van der Waals surface area contributed by atoms with Crippen LogP contribution in [-0.4, -0.2) is 54.0 Å². The number of hydrogen-bond acceptors (Lipinski definition) is 6. The molecule has 1 amide bonds. The minimum Gasteiger partial charge on any atom is -0.369 e. The molecule has 0 atom stereocenters. The van der Waals surface area contributed by atoms with Crippen LogP contribution in [0.1, 0.15) is 21.5 Å². The van der Waals surface area contributed by atoms with E-state index in [0.29, 0.717) is 12.5 Å². The van der Waals surface area contributed by atoms with Gasteiger partial charge in [-0.05, 0) is 61.0 Å². The fourth-order valence-corrected chi connectivity index (χ4v) is 5.01. The van der Waals surface area contributed by atoms with Crippen molar-refractivity contribution in [1.29, 1.82) is 0 Å². The van der Waals surface area contributed by atoms with Crippen molar-refractivity contribution >= 4 is 34.1 Å². The molecule has 0 bridgehead atoms. The van der Waals surface area contributed by atoms with Gasteiger partial charge in [0.05, 0.1) is 5.52 Å². The van der Waals surface area contributed by atoms with E-state index in [1.54, 1.807) is 0 Å². The van der Waals surface area contributed by atoms with Gasteiger partial charge in [-0.1, -0.05) is 24.3 Å². The quantitative estimate of drug-likeness (QED) is 0.468. The summed E-state index contributed by atoms with van der Waals surface area (Å²) in [5.74, 6) is 0.557. The molecule has 7 nitrogen and oxygen atoms in total. The molecule has 35 heavy (non-hydrogen) atoms. The molecule has 1 fully saturated rings. The number of aromatic nitrogens is 2. The molecule has 0 radical (unpaired) electrons. The molecule has 4 aromatic rings. The standard InChI is InChI=1S/C28H28N6O/c1-18-14-22(7-9-25(18)34-12-10-33(2)11-13-34)31-28-30-16-20-4-3-5-23(26(20)32-28)19-6-8-24-21(15-19)17-29-27(24)35/h3-9,14-16H,10-13,17H2,1-2H3,(H,29,35)(H,30,31,32). The number of carbonyl (C=O) groups is 1. The van der Waals surface area contributed by atoms with Crippen molar-refractivity contribution in [2.45, 2.75) is 13.5 Å². The highest BCUT2D eigenvalue weighted by molar-refractivity contribution is 6.00. The number of amides is 1. The lowest BCUT2D eigenvalue weighted by atomic mass is 9.98. The van der Waals surface area contributed by atoms with Crippen LogP contribution in [0.2, 0.25) is 0 Å². The highest BCUT2D eigenvalue weighted by atomic mass is 16.1. The van der Waals surface area contributed by atoms with Crippen LogP contribution < -0.4 is 15.5 Å². The molecule has 0 spiro atoms. The lowest BCUT2D eigenvalue weighted by Gasteiger charge is -2.35. The Morgan fingerprint density at radius 3 is 2.66 bits per heavy atom. The van der Waals surface area contributed by atoms with Crippen molar-refractivity contribution in [2.75, 3.05) is 43.4 Å². The highest BCUT2D eigenvalue weighted by Crippen LogP contribution is 2.31. The molecular weight excluding hydrogens is 436 g/mol. The van der Waals surface area contributed by atoms with E-state index in [2.05, 4.69) is 69.7 Å². The summed E-state index contributed by atoms with van der Waals surface area (Å²) in [6, 6.07) is 18.5. The Morgan fingerprint density at radius 2 is 1.83 bits per heavy atom. The maximum atomic E-state index is 11.9. The second kappa shape index (κ2) is 8.67. The van der Waals surface area contributed by atoms with Gasteiger partial charge in [-0.2, -0.15) is 0 Å². The van der Waals surface area contributed by atoms with Gasteiger partial charge in [0.15, 0.2) is 0 Å². The summed E-state index contributed by atoms with van der Waals surface area (Å²) < 4.78 is 0. The average molecular weight is 465 g/mol. The number of fused-ring (bicyclic) bond motifs is 2. The number of para-hydroxylation sites is 1. The zero-order chi connectivity index (χ0) is 23.9. The van der Waals surface area contributed by atoms with Crippen LogP contribution in [0, 0.1) is 6.92 Å². The number of nitrogens with zero attached hydrogens (tertiary/aromatic N) is 4. The third kappa shape index (κ3) is 4.08. The second-order valence-corrected chi connectivity index (χ2v) is 9.41. The first kappa shape index (κ1) is 21.6. The van der Waals surface area contributed by atoms with E-state index in [4.69, 9.17) is 4.98 Å². The predicted octanol–water partition coefficient (Wildman–Crippen LogP) is 4.34. The van der Waals surface area contributed by atoms with Crippen molar-refractivity contribution in [2.24, 2.45) is 0 Å². The molecule has 1 saturated heterocycles. The van der Waals surface area contributed by atoms with E-state index in [0.717, 1.165) is 65.0 Å². The predicted molar refractivity (Wildman–Crippen MR) is 140 cm³/mol. The van der Waals surface area contributed by atoms with Crippen LogP contribution in [0.25, 0.3) is 22.0 Å². The lowest BCUT2D eigenvalue weighted by Crippen LogP contribution is -2.44. The monoisotopic (exact) mass is 464 g/mol. The number of carbonyl (C=O) groups excluding carboxylic acids is 1. The number of piperazine rings is 1. The van der Waals surface area contributed by atoms with Crippen LogP contribution in [-0.2, 0) is 6.54 Å². The molecular formula is C28H28N6O. The van der Waals surface area contributed by atoms with Crippen LogP contribution in [0.4, 0.5) is 17.3 Å². The fraction of sp³-hybridized carbons (Fsp3) is 0.250. The van der Waals surface area contributed by atoms with Crippen molar-refractivity contribution < 1.29 is 4.79 Å². The lowest BCUT2D eigenvalue weighted by molar-refractivity contribution is 0.0966. The van der Waals surface area contributed by atoms with E-state index in [1.165, 1.54) is 11.3 Å². The maximum absolute atomic E-state index is 11.9. The highest BCUT2D eigenvalue weighted by Gasteiger charge is 2.20. The molecule has 0 saturated carbocycles. The minimum absolute atomic E-state index is 0.00721. The third-order valence-corrected chi connectivity index (χ3v) is 7.01. The molecule has 6 rings (SSSR count). The number of hydrogen-bond donors (Lipinski definition) is 2. The molecule has 0 aliphatic carbocycles. The van der Waals surface area contributed by atoms with Crippen molar-refractivity contribution in [3.05, 3.63) is 77.5 Å². The molecule has 1 aromatic heterocycles. The van der Waals surface area contributed by atoms with Gasteiger partial charge >= 0.3 is 0 Å². The molecule has 176 valence electrons. The van der Waals surface area contributed by atoms with Crippen molar-refractivity contribution in [3.8, 4) is 11.1 Å². The number of benzene rings is 3. The average Bonchev–Trinajstić information content (AvgIpc) is 3.24. The Bertz CT molecular complexity index is 1440. The fourth-order valence-electron chi connectivity index (χ4n) is 5.01. The van der Waals surface area contributed by atoms with Gasteiger partial charge in [-0.25, -0.2) is 9.97 Å². The molecule has 3 aromatic carbocycles. The van der Waals surface area contributed by atoms with Gasteiger partial charge in [-0.15, -0.1) is 0 Å². The maximum Gasteiger partial charge on any atom is 0.251 e. The van der Waals surface area contributed by atoms with Gasteiger partial charge in [0.25, 0.3) is 5.91 Å². The van der Waals surface area contributed by atoms with Gasteiger partial charge in [0.2, 0.25) is 5.95 Å². The van der Waals surface area contributed by atoms with E-state index in [1.807, 2.05) is 30.5 Å². The first-order valence-electron chi connectivity index (χ1n) is 12.0. The summed E-state index contributed by atoms with van der Waals surface area (Å²) in [6.45, 7) is 7.00. The molecule has 0 unspecified atom stereocenters. The topological polar surface area (TPSA) is 73.4 Å². The number of aryl methyl sites for hydroxylation is 1. The molecule has 2 aliphatic rings. The summed E-state index contributed by atoms with van der Waals surface area (Å²) in [6.07, 6.45) is 1.86. The summed E-state index contributed by atoms with van der Waals surface area (Å²) in [5.41, 5.74) is 8.22. The summed E-state index contributed by atoms with van der Waals surface area (Å²) >= 11 is 0. The Labute approximate surface area is 204 Å². The molecule has 2 aliphatic heterocycles. The van der Waals surface area contributed by atoms with E-state index < -0.39 is 0 Å². The van der Waals surface area contributed by atoms with E-state index in [9.17, 15) is 4.79 Å². The minimum atomic E-state index is -0.00721. The summed E-state index contributed by atoms with van der Waals surface area (Å²) in [4.78, 5) is 26.2. The molecule has 2 N–H and O–H groups in total. The third-order valence-electron chi connectivity index (χ3n) is 7.01. The van der Waals surface area contributed by atoms with Gasteiger partial charge in [-0.3, -0.25) is 4.79 Å². The van der Waals surface area contributed by atoms with Crippen LogP contribution in [0.3, 0.4) is 0 Å². The first-order valence-corrected chi connectivity index (χ1v) is 12.0. The Kier molecular flexibility index (Phi) is 5.34. The summed E-state index contributed by atoms with van der Waals surface area (Å²) in [5, 5.41) is 7.26. The van der Waals surface area contributed by atoms with E-state index in [-0.39, 0.29) is 5.91 Å². The van der Waals surface area contributed by atoms with Crippen molar-refractivity contribution in [3.63, 3.8) is 0 Å². The summed E-state index contributed by atoms with van der Waals surface area (Å²) in [7, 11) is 2.18. The zero-order valence-corrected chi connectivity index (χ0v) is 20.0. The second-order valence-electron chi connectivity index (χ2n) is 9.41. The van der Waals surface area contributed by atoms with Gasteiger partial charge in [0.1, 0.15) is 0 Å². The first-order chi connectivity index (χ1) is 17.0.